The van der Waals surface area contributed by atoms with E-state index in [1.54, 1.807) is 0 Å². The van der Waals surface area contributed by atoms with Gasteiger partial charge >= 0.3 is 0 Å². The molecule has 1 amide bonds. The summed E-state index contributed by atoms with van der Waals surface area (Å²) in [4.78, 5) is 12.6. The van der Waals surface area contributed by atoms with Gasteiger partial charge in [-0.25, -0.2) is 0 Å². The number of rotatable bonds is 11. The van der Waals surface area contributed by atoms with E-state index in [1.807, 2.05) is 19.1 Å². The topological polar surface area (TPSA) is 79.8 Å². The highest BCUT2D eigenvalue weighted by Crippen LogP contribution is 2.47. The summed E-state index contributed by atoms with van der Waals surface area (Å²) in [5, 5.41) is 17.7. The predicted octanol–water partition coefficient (Wildman–Crippen LogP) is 7.88. The zero-order valence-corrected chi connectivity index (χ0v) is 28.5. The minimum Gasteiger partial charge on any atom is -0.507 e. The van der Waals surface area contributed by atoms with Crippen LogP contribution in [0.1, 0.15) is 97.6 Å². The summed E-state index contributed by atoms with van der Waals surface area (Å²) in [6.07, 6.45) is 7.71. The van der Waals surface area contributed by atoms with E-state index in [0.29, 0.717) is 5.75 Å². The minimum absolute atomic E-state index is 0.0386. The lowest BCUT2D eigenvalue weighted by Crippen LogP contribution is -2.70. The first-order valence-corrected chi connectivity index (χ1v) is 18.5. The third-order valence-corrected chi connectivity index (χ3v) is 14.0. The van der Waals surface area contributed by atoms with Crippen LogP contribution in [0.15, 0.2) is 35.9 Å². The summed E-state index contributed by atoms with van der Waals surface area (Å²) in [7, 11) is -2.06. The predicted molar refractivity (Wildman–Crippen MR) is 175 cm³/mol. The maximum atomic E-state index is 12.6. The molecule has 1 aromatic carbocycles. The smallest absolute Gasteiger partial charge is 0.263 e. The number of carbonyl (C=O) groups is 1. The number of aromatic hydroxyl groups is 1. The van der Waals surface area contributed by atoms with Gasteiger partial charge in [-0.2, -0.15) is 0 Å². The molecule has 0 saturated carbocycles. The van der Waals surface area contributed by atoms with E-state index in [-0.39, 0.29) is 51.9 Å². The molecule has 1 aromatic rings. The molecular formula is C33H52N2O4SSi. The number of aryl methyl sites for hydroxylation is 1. The van der Waals surface area contributed by atoms with Gasteiger partial charge in [0.25, 0.3) is 5.17 Å². The van der Waals surface area contributed by atoms with Crippen molar-refractivity contribution in [3.63, 3.8) is 0 Å². The molecule has 1 saturated heterocycles. The number of hydrogen-bond donors (Lipinski definition) is 3. The number of hydrogen-bond acceptors (Lipinski definition) is 5. The first-order valence-electron chi connectivity index (χ1n) is 15.2. The van der Waals surface area contributed by atoms with Gasteiger partial charge in [0.05, 0.1) is 6.10 Å². The third kappa shape index (κ3) is 8.02. The zero-order chi connectivity index (χ0) is 30.7. The molecule has 1 aliphatic heterocycles. The maximum Gasteiger partial charge on any atom is 0.263 e. The highest BCUT2D eigenvalue weighted by atomic mass is 32.1. The van der Waals surface area contributed by atoms with Crippen molar-refractivity contribution in [3.8, 4) is 11.5 Å². The molecule has 0 aromatic heterocycles. The Balaban J connectivity index is 1.86. The zero-order valence-electron chi connectivity index (χ0n) is 26.6. The molecule has 0 spiro atoms. The quantitative estimate of drug-likeness (QED) is 0.0788. The highest BCUT2D eigenvalue weighted by molar-refractivity contribution is 7.80. The van der Waals surface area contributed by atoms with Crippen molar-refractivity contribution in [3.05, 3.63) is 47.1 Å². The molecule has 5 atom stereocenters. The summed E-state index contributed by atoms with van der Waals surface area (Å²) in [6, 6.07) is 3.90. The summed E-state index contributed by atoms with van der Waals surface area (Å²) in [5.74, 6) is 0.491. The lowest BCUT2D eigenvalue weighted by molar-refractivity contribution is -0.140. The summed E-state index contributed by atoms with van der Waals surface area (Å²) in [5.41, 5.74) is 4.14. The molecule has 1 fully saturated rings. The second-order valence-electron chi connectivity index (χ2n) is 13.6. The number of ether oxygens (including phenoxy) is 1. The Morgan fingerprint density at radius 2 is 1.98 bits per heavy atom. The molecule has 3 rings (SSSR count). The van der Waals surface area contributed by atoms with Crippen LogP contribution in [0.4, 0.5) is 0 Å². The number of thiocarbonyl (C=S) groups is 1. The highest BCUT2D eigenvalue weighted by Gasteiger charge is 2.48. The number of nitrogens with one attached hydrogen (secondary N) is 2. The van der Waals surface area contributed by atoms with Crippen LogP contribution in [-0.2, 0) is 15.6 Å². The van der Waals surface area contributed by atoms with E-state index in [4.69, 9.17) is 21.4 Å². The van der Waals surface area contributed by atoms with Crippen molar-refractivity contribution in [2.45, 2.75) is 123 Å². The Morgan fingerprint density at radius 3 is 2.56 bits per heavy atom. The van der Waals surface area contributed by atoms with Gasteiger partial charge in [-0.1, -0.05) is 64.3 Å². The van der Waals surface area contributed by atoms with E-state index in [2.05, 4.69) is 77.9 Å². The normalized spacial score (nSPS) is 23.6. The average Bonchev–Trinajstić information content (AvgIpc) is 2.82. The largest absolute Gasteiger partial charge is 0.507 e. The van der Waals surface area contributed by atoms with Gasteiger partial charge in [0.2, 0.25) is 5.91 Å². The second kappa shape index (κ2) is 13.4. The van der Waals surface area contributed by atoms with E-state index < -0.39 is 8.32 Å². The molecular weight excluding hydrogens is 549 g/mol. The van der Waals surface area contributed by atoms with Crippen LogP contribution in [0.2, 0.25) is 18.1 Å². The number of allylic oxidation sites excluding steroid dienone is 3. The number of carbonyl (C=O) groups excluding carboxylic acids is 1. The molecule has 41 heavy (non-hydrogen) atoms. The molecule has 228 valence electrons. The van der Waals surface area contributed by atoms with E-state index in [1.165, 1.54) is 5.57 Å². The van der Waals surface area contributed by atoms with Crippen molar-refractivity contribution < 1.29 is 19.1 Å². The molecule has 6 nitrogen and oxygen atoms in total. The molecule has 0 unspecified atom stereocenters. The van der Waals surface area contributed by atoms with Gasteiger partial charge in [-0.05, 0) is 100 Å². The SMILES string of the molecule is C=C(C)[C@@H]1CCC(C)=C[C@H]1c1c(O)cc(CCCCC)cc1OC(=S)N[C@H]1NC(=O)[C@@H]1[C@@H](C)O[Si](C)(C)C(C)(C)C. The van der Waals surface area contributed by atoms with Gasteiger partial charge in [0, 0.05) is 11.5 Å². The van der Waals surface area contributed by atoms with E-state index in [9.17, 15) is 9.90 Å². The standard InChI is InChI=1S/C33H52N2O4SSi/c1-11-12-13-14-23-18-26(36)29(25-17-21(4)15-16-24(25)20(2)3)27(19-23)38-32(40)35-30-28(31(37)34-30)22(5)39-41(9,10)33(6,7)8/h17-19,22,24-25,28,30,36H,2,11-16H2,1,3-10H3,(H,34,37)(H,35,40)/t22-,24+,25-,28-,30-/m1/s1. The van der Waals surface area contributed by atoms with Crippen LogP contribution in [0.5, 0.6) is 11.5 Å². The molecule has 8 heteroatoms. The Labute approximate surface area is 254 Å². The second-order valence-corrected chi connectivity index (χ2v) is 18.8. The molecule has 2 aliphatic rings. The number of unbranched alkanes of at least 4 members (excludes halogenated alkanes) is 2. The third-order valence-electron chi connectivity index (χ3n) is 9.19. The van der Waals surface area contributed by atoms with Crippen LogP contribution in [0, 0.1) is 11.8 Å². The number of amides is 1. The maximum absolute atomic E-state index is 12.6. The fourth-order valence-corrected chi connectivity index (χ4v) is 7.34. The Bertz CT molecular complexity index is 1170. The molecule has 0 bridgehead atoms. The lowest BCUT2D eigenvalue weighted by atomic mass is 9.73. The van der Waals surface area contributed by atoms with Crippen molar-refractivity contribution in [1.29, 1.82) is 0 Å². The first kappa shape index (κ1) is 33.3. The monoisotopic (exact) mass is 600 g/mol. The minimum atomic E-state index is -2.06. The molecule has 0 radical (unpaired) electrons. The van der Waals surface area contributed by atoms with E-state index in [0.717, 1.165) is 55.2 Å². The van der Waals surface area contributed by atoms with Gasteiger partial charge in [-0.3, -0.25) is 4.79 Å². The fourth-order valence-electron chi connectivity index (χ4n) is 5.69. The van der Waals surface area contributed by atoms with Gasteiger partial charge in [0.1, 0.15) is 23.6 Å². The average molecular weight is 601 g/mol. The van der Waals surface area contributed by atoms with Crippen molar-refractivity contribution in [2.75, 3.05) is 0 Å². The number of β-lactam (4-membered cyclic amide) rings is 1. The lowest BCUT2D eigenvalue weighted by Gasteiger charge is -2.45. The summed E-state index contributed by atoms with van der Waals surface area (Å²) < 4.78 is 12.9. The number of phenols is 1. The van der Waals surface area contributed by atoms with Gasteiger partial charge < -0.3 is 24.9 Å². The van der Waals surface area contributed by atoms with Crippen LogP contribution < -0.4 is 15.4 Å². The molecule has 3 N–H and O–H groups in total. The van der Waals surface area contributed by atoms with E-state index >= 15 is 0 Å². The summed E-state index contributed by atoms with van der Waals surface area (Å²) >= 11 is 5.69. The Kier molecular flexibility index (Phi) is 10.9. The molecule has 1 aliphatic carbocycles. The van der Waals surface area contributed by atoms with Crippen LogP contribution in [0.3, 0.4) is 0 Å². The van der Waals surface area contributed by atoms with Crippen molar-refractivity contribution >= 4 is 31.6 Å². The van der Waals surface area contributed by atoms with Crippen LogP contribution in [-0.4, -0.2) is 36.8 Å². The number of phenolic OH excluding ortho intramolecular Hbond substituents is 1. The Morgan fingerprint density at radius 1 is 1.29 bits per heavy atom. The van der Waals surface area contributed by atoms with Crippen LogP contribution >= 0.6 is 12.2 Å². The van der Waals surface area contributed by atoms with Crippen molar-refractivity contribution in [1.82, 2.24) is 10.6 Å². The van der Waals surface area contributed by atoms with Crippen molar-refractivity contribution in [2.24, 2.45) is 11.8 Å². The van der Waals surface area contributed by atoms with Crippen LogP contribution in [0.25, 0.3) is 0 Å². The number of benzene rings is 1. The fraction of sp³-hybridized carbons (Fsp3) is 0.636. The van der Waals surface area contributed by atoms with Gasteiger partial charge in [-0.15, -0.1) is 0 Å². The molecule has 1 heterocycles. The first-order chi connectivity index (χ1) is 19.1. The summed E-state index contributed by atoms with van der Waals surface area (Å²) in [6.45, 7) is 23.6. The Hall–Kier alpha value is -2.16. The van der Waals surface area contributed by atoms with Gasteiger partial charge in [0.15, 0.2) is 8.32 Å².